The van der Waals surface area contributed by atoms with Crippen LogP contribution in [0.25, 0.3) is 11.0 Å². The molecule has 172 valence electrons. The number of aromatic nitrogens is 2. The first-order valence-electron chi connectivity index (χ1n) is 10.6. The summed E-state index contributed by atoms with van der Waals surface area (Å²) in [5.74, 6) is -0.914. The number of alkyl halides is 3. The standard InChI is InChI=1S/C24H23F3N4O2/c1-14-15(2)30-21-11-18(7-10-20(21)29-14)23(33)31(19-8-9-19)12-16-3-5-17(6-4-16)22(32)28-13-24(25,26)27/h3-7,10-11,19H,8-9,12-13H2,1-2H3,(H,28,32). The Morgan fingerprint density at radius 1 is 0.970 bits per heavy atom. The van der Waals surface area contributed by atoms with Crippen LogP contribution in [-0.4, -0.2) is 45.4 Å². The number of benzene rings is 2. The van der Waals surface area contributed by atoms with Gasteiger partial charge in [0.1, 0.15) is 6.54 Å². The molecule has 1 fully saturated rings. The van der Waals surface area contributed by atoms with Gasteiger partial charge >= 0.3 is 6.18 Å². The lowest BCUT2D eigenvalue weighted by Crippen LogP contribution is -2.34. The van der Waals surface area contributed by atoms with Crippen molar-refractivity contribution in [2.24, 2.45) is 0 Å². The number of rotatable bonds is 6. The van der Waals surface area contributed by atoms with Crippen LogP contribution >= 0.6 is 0 Å². The molecule has 9 heteroatoms. The van der Waals surface area contributed by atoms with E-state index in [0.29, 0.717) is 17.6 Å². The molecule has 0 spiro atoms. The summed E-state index contributed by atoms with van der Waals surface area (Å²) >= 11 is 0. The number of hydrogen-bond donors (Lipinski definition) is 1. The fourth-order valence-electron chi connectivity index (χ4n) is 3.52. The van der Waals surface area contributed by atoms with E-state index in [1.165, 1.54) is 12.1 Å². The summed E-state index contributed by atoms with van der Waals surface area (Å²) in [6, 6.07) is 11.7. The van der Waals surface area contributed by atoms with Crippen molar-refractivity contribution in [2.45, 2.75) is 45.5 Å². The van der Waals surface area contributed by atoms with Gasteiger partial charge in [-0.2, -0.15) is 13.2 Å². The number of aryl methyl sites for hydroxylation is 2. The Morgan fingerprint density at radius 3 is 2.18 bits per heavy atom. The van der Waals surface area contributed by atoms with Gasteiger partial charge in [0.25, 0.3) is 11.8 Å². The largest absolute Gasteiger partial charge is 0.405 e. The van der Waals surface area contributed by atoms with Gasteiger partial charge in [-0.15, -0.1) is 0 Å². The molecule has 0 bridgehead atoms. The van der Waals surface area contributed by atoms with E-state index in [0.717, 1.165) is 35.3 Å². The van der Waals surface area contributed by atoms with Gasteiger partial charge in [-0.25, -0.2) is 9.97 Å². The molecule has 6 nitrogen and oxygen atoms in total. The van der Waals surface area contributed by atoms with Gasteiger partial charge in [0.15, 0.2) is 0 Å². The number of carbonyl (C=O) groups is 2. The maximum Gasteiger partial charge on any atom is 0.405 e. The molecule has 2 aromatic carbocycles. The lowest BCUT2D eigenvalue weighted by molar-refractivity contribution is -0.123. The van der Waals surface area contributed by atoms with Gasteiger partial charge in [0.05, 0.1) is 22.4 Å². The number of nitrogens with one attached hydrogen (secondary N) is 1. The van der Waals surface area contributed by atoms with Crippen molar-refractivity contribution in [3.05, 3.63) is 70.5 Å². The minimum absolute atomic E-state index is 0.119. The third kappa shape index (κ3) is 5.47. The van der Waals surface area contributed by atoms with E-state index in [1.807, 2.05) is 19.2 Å². The molecule has 0 atom stereocenters. The van der Waals surface area contributed by atoms with Crippen LogP contribution in [0.3, 0.4) is 0 Å². The molecule has 0 saturated heterocycles. The van der Waals surface area contributed by atoms with Crippen LogP contribution in [-0.2, 0) is 6.54 Å². The van der Waals surface area contributed by atoms with Crippen molar-refractivity contribution in [2.75, 3.05) is 6.54 Å². The van der Waals surface area contributed by atoms with Gasteiger partial charge in [0, 0.05) is 23.7 Å². The molecule has 33 heavy (non-hydrogen) atoms. The summed E-state index contributed by atoms with van der Waals surface area (Å²) in [5, 5.41) is 1.85. The molecule has 4 rings (SSSR count). The van der Waals surface area contributed by atoms with Crippen molar-refractivity contribution in [3.63, 3.8) is 0 Å². The smallest absolute Gasteiger partial charge is 0.343 e. The molecule has 2 amide bonds. The molecule has 1 heterocycles. The summed E-state index contributed by atoms with van der Waals surface area (Å²) in [4.78, 5) is 36.0. The minimum atomic E-state index is -4.47. The molecule has 0 radical (unpaired) electrons. The summed E-state index contributed by atoms with van der Waals surface area (Å²) in [5.41, 5.74) is 4.49. The molecule has 0 aliphatic heterocycles. The van der Waals surface area contributed by atoms with Crippen molar-refractivity contribution in [3.8, 4) is 0 Å². The summed E-state index contributed by atoms with van der Waals surface area (Å²) in [6.07, 6.45) is -2.64. The number of hydrogen-bond acceptors (Lipinski definition) is 4. The Balaban J connectivity index is 1.49. The first-order valence-corrected chi connectivity index (χ1v) is 10.6. The topological polar surface area (TPSA) is 75.2 Å². The van der Waals surface area contributed by atoms with Crippen LogP contribution < -0.4 is 5.32 Å². The van der Waals surface area contributed by atoms with Crippen molar-refractivity contribution >= 4 is 22.8 Å². The van der Waals surface area contributed by atoms with E-state index < -0.39 is 18.6 Å². The highest BCUT2D eigenvalue weighted by Crippen LogP contribution is 2.30. The third-order valence-corrected chi connectivity index (χ3v) is 5.59. The van der Waals surface area contributed by atoms with Crippen LogP contribution in [0.2, 0.25) is 0 Å². The molecule has 3 aromatic rings. The highest BCUT2D eigenvalue weighted by atomic mass is 19.4. The maximum absolute atomic E-state index is 13.3. The molecule has 0 unspecified atom stereocenters. The quantitative estimate of drug-likeness (QED) is 0.599. The average molecular weight is 456 g/mol. The van der Waals surface area contributed by atoms with Crippen molar-refractivity contribution in [1.82, 2.24) is 20.2 Å². The van der Waals surface area contributed by atoms with Gasteiger partial charge in [-0.1, -0.05) is 12.1 Å². The molecular weight excluding hydrogens is 433 g/mol. The minimum Gasteiger partial charge on any atom is -0.343 e. The first kappa shape index (κ1) is 22.7. The third-order valence-electron chi connectivity index (χ3n) is 5.59. The Morgan fingerprint density at radius 2 is 1.58 bits per heavy atom. The second kappa shape index (κ2) is 8.80. The number of carbonyl (C=O) groups excluding carboxylic acids is 2. The molecule has 1 N–H and O–H groups in total. The van der Waals surface area contributed by atoms with E-state index in [-0.39, 0.29) is 17.5 Å². The van der Waals surface area contributed by atoms with Gasteiger partial charge in [-0.05, 0) is 62.6 Å². The van der Waals surface area contributed by atoms with Crippen LogP contribution in [0.15, 0.2) is 42.5 Å². The highest BCUT2D eigenvalue weighted by Gasteiger charge is 2.33. The van der Waals surface area contributed by atoms with E-state index in [4.69, 9.17) is 0 Å². The molecule has 1 aromatic heterocycles. The van der Waals surface area contributed by atoms with E-state index in [9.17, 15) is 22.8 Å². The molecule has 1 saturated carbocycles. The lowest BCUT2D eigenvalue weighted by atomic mass is 10.1. The Kier molecular flexibility index (Phi) is 6.05. The Labute approximate surface area is 188 Å². The number of amides is 2. The summed E-state index contributed by atoms with van der Waals surface area (Å²) < 4.78 is 36.9. The Bertz CT molecular complexity index is 1200. The number of nitrogens with zero attached hydrogens (tertiary/aromatic N) is 3. The van der Waals surface area contributed by atoms with E-state index in [2.05, 4.69) is 9.97 Å². The summed E-state index contributed by atoms with van der Waals surface area (Å²) in [7, 11) is 0. The second-order valence-corrected chi connectivity index (χ2v) is 8.26. The molecule has 1 aliphatic rings. The SMILES string of the molecule is Cc1nc2ccc(C(=O)N(Cc3ccc(C(=O)NCC(F)(F)F)cc3)C3CC3)cc2nc1C. The lowest BCUT2D eigenvalue weighted by Gasteiger charge is -2.23. The average Bonchev–Trinajstić information content (AvgIpc) is 3.61. The van der Waals surface area contributed by atoms with Crippen LogP contribution in [0.4, 0.5) is 13.2 Å². The van der Waals surface area contributed by atoms with E-state index >= 15 is 0 Å². The van der Waals surface area contributed by atoms with Crippen LogP contribution in [0.5, 0.6) is 0 Å². The fraction of sp³-hybridized carbons (Fsp3) is 0.333. The Hall–Kier alpha value is -3.49. The zero-order valence-corrected chi connectivity index (χ0v) is 18.2. The van der Waals surface area contributed by atoms with Crippen LogP contribution in [0.1, 0.15) is 50.5 Å². The zero-order valence-electron chi connectivity index (χ0n) is 18.2. The maximum atomic E-state index is 13.3. The van der Waals surface area contributed by atoms with Gasteiger partial charge in [-0.3, -0.25) is 9.59 Å². The zero-order chi connectivity index (χ0) is 23.8. The first-order chi connectivity index (χ1) is 15.6. The number of halogens is 3. The predicted molar refractivity (Wildman–Crippen MR) is 117 cm³/mol. The van der Waals surface area contributed by atoms with Gasteiger partial charge < -0.3 is 10.2 Å². The molecule has 1 aliphatic carbocycles. The second-order valence-electron chi connectivity index (χ2n) is 8.26. The van der Waals surface area contributed by atoms with E-state index in [1.54, 1.807) is 35.2 Å². The predicted octanol–water partition coefficient (Wildman–Crippen LogP) is 4.34. The highest BCUT2D eigenvalue weighted by molar-refractivity contribution is 5.97. The fourth-order valence-corrected chi connectivity index (χ4v) is 3.52. The van der Waals surface area contributed by atoms with Crippen LogP contribution in [0, 0.1) is 13.8 Å². The number of fused-ring (bicyclic) bond motifs is 1. The normalized spacial score (nSPS) is 13.7. The van der Waals surface area contributed by atoms with Crippen molar-refractivity contribution in [1.29, 1.82) is 0 Å². The molecular formula is C24H23F3N4O2. The summed E-state index contributed by atoms with van der Waals surface area (Å²) in [6.45, 7) is 2.72. The monoisotopic (exact) mass is 456 g/mol. The van der Waals surface area contributed by atoms with Crippen molar-refractivity contribution < 1.29 is 22.8 Å². The van der Waals surface area contributed by atoms with Gasteiger partial charge in [0.2, 0.25) is 0 Å².